The maximum atomic E-state index is 3.79. The Balaban J connectivity index is 2.05. The van der Waals surface area contributed by atoms with E-state index < -0.39 is 0 Å². The van der Waals surface area contributed by atoms with Gasteiger partial charge in [-0.3, -0.25) is 0 Å². The number of nitrogens with one attached hydrogen (secondary N) is 1. The summed E-state index contributed by atoms with van der Waals surface area (Å²) in [5.41, 5.74) is 7.31. The van der Waals surface area contributed by atoms with Crippen LogP contribution in [0.4, 0.5) is 0 Å². The van der Waals surface area contributed by atoms with Crippen LogP contribution < -0.4 is 0 Å². The second-order valence-corrected chi connectivity index (χ2v) is 8.82. The number of aromatic nitrogens is 1. The molecular formula is C23H20BrN. The molecule has 0 radical (unpaired) electrons. The third kappa shape index (κ3) is 3.03. The number of H-pyrrole nitrogens is 1. The molecule has 0 amide bonds. The number of halogens is 1. The third-order valence-corrected chi connectivity index (χ3v) is 5.07. The minimum absolute atomic E-state index is 0.0562. The smallest absolute Gasteiger partial charge is 0.0544 e. The Bertz CT molecular complexity index is 1010. The highest BCUT2D eigenvalue weighted by atomic mass is 79.9. The van der Waals surface area contributed by atoms with Gasteiger partial charge in [0.05, 0.1) is 5.69 Å². The Hall–Kier alpha value is -2.32. The molecule has 4 aromatic rings. The summed E-state index contributed by atoms with van der Waals surface area (Å²) in [7, 11) is 0. The molecule has 25 heavy (non-hydrogen) atoms. The van der Waals surface area contributed by atoms with E-state index in [1.807, 2.05) is 0 Å². The van der Waals surface area contributed by atoms with Crippen molar-refractivity contribution in [3.63, 3.8) is 0 Å². The minimum atomic E-state index is -0.0562. The molecule has 0 aliphatic carbocycles. The largest absolute Gasteiger partial charge is 0.354 e. The van der Waals surface area contributed by atoms with Gasteiger partial charge in [0.2, 0.25) is 0 Å². The van der Waals surface area contributed by atoms with E-state index in [9.17, 15) is 0 Å². The zero-order valence-corrected chi connectivity index (χ0v) is 16.0. The SMILES string of the molecule is CC(C)(Br)c1ccc2[nH]c(-c3ccccc3)c(-c3ccccc3)c2c1. The predicted molar refractivity (Wildman–Crippen MR) is 111 cm³/mol. The molecule has 1 nitrogen and oxygen atoms in total. The van der Waals surface area contributed by atoms with E-state index in [2.05, 4.69) is 114 Å². The van der Waals surface area contributed by atoms with Crippen LogP contribution in [0.1, 0.15) is 19.4 Å². The van der Waals surface area contributed by atoms with Gasteiger partial charge in [-0.2, -0.15) is 0 Å². The Labute approximate surface area is 156 Å². The number of aromatic amines is 1. The summed E-state index contributed by atoms with van der Waals surface area (Å²) in [5.74, 6) is 0. The van der Waals surface area contributed by atoms with E-state index in [-0.39, 0.29) is 4.32 Å². The average Bonchev–Trinajstić information content (AvgIpc) is 3.01. The fourth-order valence-corrected chi connectivity index (χ4v) is 3.53. The van der Waals surface area contributed by atoms with Crippen LogP contribution in [0.5, 0.6) is 0 Å². The van der Waals surface area contributed by atoms with Gasteiger partial charge in [-0.25, -0.2) is 0 Å². The molecule has 0 aliphatic rings. The van der Waals surface area contributed by atoms with Crippen molar-refractivity contribution < 1.29 is 0 Å². The first kappa shape index (κ1) is 16.2. The van der Waals surface area contributed by atoms with Gasteiger partial charge in [-0.05, 0) is 42.7 Å². The van der Waals surface area contributed by atoms with Crippen molar-refractivity contribution in [2.75, 3.05) is 0 Å². The van der Waals surface area contributed by atoms with Crippen molar-refractivity contribution in [1.29, 1.82) is 0 Å². The maximum Gasteiger partial charge on any atom is 0.0544 e. The van der Waals surface area contributed by atoms with Crippen molar-refractivity contribution in [1.82, 2.24) is 4.98 Å². The normalized spacial score (nSPS) is 11.8. The highest BCUT2D eigenvalue weighted by molar-refractivity contribution is 9.09. The standard InChI is InChI=1S/C23H20BrN/c1-23(2,24)18-13-14-20-19(15-18)21(16-9-5-3-6-10-16)22(25-20)17-11-7-4-8-12-17/h3-15,25H,1-2H3. The molecule has 1 heterocycles. The lowest BCUT2D eigenvalue weighted by atomic mass is 9.95. The number of benzene rings is 3. The summed E-state index contributed by atoms with van der Waals surface area (Å²) in [6.07, 6.45) is 0. The van der Waals surface area contributed by atoms with Gasteiger partial charge in [0.15, 0.2) is 0 Å². The molecule has 1 aromatic heterocycles. The average molecular weight is 390 g/mol. The van der Waals surface area contributed by atoms with Gasteiger partial charge >= 0.3 is 0 Å². The van der Waals surface area contributed by atoms with E-state index in [0.717, 1.165) is 0 Å². The summed E-state index contributed by atoms with van der Waals surface area (Å²) in [6.45, 7) is 4.36. The van der Waals surface area contributed by atoms with Gasteiger partial charge in [0.1, 0.15) is 0 Å². The molecule has 0 atom stereocenters. The Morgan fingerprint density at radius 1 is 0.760 bits per heavy atom. The summed E-state index contributed by atoms with van der Waals surface area (Å²) in [6, 6.07) is 27.8. The summed E-state index contributed by atoms with van der Waals surface area (Å²) >= 11 is 3.79. The van der Waals surface area contributed by atoms with Crippen LogP contribution in [-0.4, -0.2) is 4.98 Å². The molecule has 2 heteroatoms. The molecular weight excluding hydrogens is 370 g/mol. The van der Waals surface area contributed by atoms with Crippen LogP contribution in [0, 0.1) is 0 Å². The van der Waals surface area contributed by atoms with Crippen LogP contribution >= 0.6 is 15.9 Å². The molecule has 3 aromatic carbocycles. The van der Waals surface area contributed by atoms with Gasteiger partial charge in [0, 0.05) is 20.8 Å². The van der Waals surface area contributed by atoms with E-state index in [0.29, 0.717) is 0 Å². The summed E-state index contributed by atoms with van der Waals surface area (Å²) in [4.78, 5) is 3.64. The van der Waals surface area contributed by atoms with E-state index in [1.165, 1.54) is 38.9 Å². The third-order valence-electron chi connectivity index (χ3n) is 4.61. The first-order valence-electron chi connectivity index (χ1n) is 8.50. The van der Waals surface area contributed by atoms with Gasteiger partial charge in [-0.1, -0.05) is 82.7 Å². The number of hydrogen-bond acceptors (Lipinski definition) is 0. The van der Waals surface area contributed by atoms with Crippen molar-refractivity contribution in [2.45, 2.75) is 18.2 Å². The first-order chi connectivity index (χ1) is 12.0. The topological polar surface area (TPSA) is 15.8 Å². The van der Waals surface area contributed by atoms with Crippen molar-refractivity contribution in [3.8, 4) is 22.4 Å². The number of alkyl halides is 1. The van der Waals surface area contributed by atoms with Crippen LogP contribution in [0.2, 0.25) is 0 Å². The van der Waals surface area contributed by atoms with Crippen LogP contribution in [-0.2, 0) is 4.32 Å². The number of fused-ring (bicyclic) bond motifs is 1. The lowest BCUT2D eigenvalue weighted by Crippen LogP contribution is -2.05. The lowest BCUT2D eigenvalue weighted by Gasteiger charge is -2.17. The number of rotatable bonds is 3. The molecule has 0 saturated carbocycles. The fraction of sp³-hybridized carbons (Fsp3) is 0.130. The molecule has 0 aliphatic heterocycles. The second-order valence-electron chi connectivity index (χ2n) is 6.84. The predicted octanol–water partition coefficient (Wildman–Crippen LogP) is 7.13. The zero-order valence-electron chi connectivity index (χ0n) is 14.4. The molecule has 0 unspecified atom stereocenters. The molecule has 4 rings (SSSR count). The Kier molecular flexibility index (Phi) is 4.01. The molecule has 0 spiro atoms. The van der Waals surface area contributed by atoms with Crippen LogP contribution in [0.25, 0.3) is 33.3 Å². The lowest BCUT2D eigenvalue weighted by molar-refractivity contribution is 0.805. The highest BCUT2D eigenvalue weighted by Gasteiger charge is 2.20. The highest BCUT2D eigenvalue weighted by Crippen LogP contribution is 2.40. The molecule has 0 fully saturated rings. The Morgan fingerprint density at radius 2 is 1.36 bits per heavy atom. The summed E-state index contributed by atoms with van der Waals surface area (Å²) in [5, 5.41) is 1.26. The van der Waals surface area contributed by atoms with Crippen LogP contribution in [0.15, 0.2) is 78.9 Å². The van der Waals surface area contributed by atoms with E-state index >= 15 is 0 Å². The molecule has 1 N–H and O–H groups in total. The van der Waals surface area contributed by atoms with Gasteiger partial charge in [-0.15, -0.1) is 0 Å². The van der Waals surface area contributed by atoms with Crippen molar-refractivity contribution in [3.05, 3.63) is 84.4 Å². The van der Waals surface area contributed by atoms with E-state index in [1.54, 1.807) is 0 Å². The quantitative estimate of drug-likeness (QED) is 0.358. The van der Waals surface area contributed by atoms with Crippen LogP contribution in [0.3, 0.4) is 0 Å². The minimum Gasteiger partial charge on any atom is -0.354 e. The maximum absolute atomic E-state index is 3.79. The van der Waals surface area contributed by atoms with E-state index in [4.69, 9.17) is 0 Å². The molecule has 0 saturated heterocycles. The van der Waals surface area contributed by atoms with Gasteiger partial charge < -0.3 is 4.98 Å². The van der Waals surface area contributed by atoms with Crippen molar-refractivity contribution in [2.24, 2.45) is 0 Å². The number of hydrogen-bond donors (Lipinski definition) is 1. The van der Waals surface area contributed by atoms with Gasteiger partial charge in [0.25, 0.3) is 0 Å². The molecule has 124 valence electrons. The monoisotopic (exact) mass is 389 g/mol. The zero-order chi connectivity index (χ0) is 17.4. The second kappa shape index (κ2) is 6.20. The fourth-order valence-electron chi connectivity index (χ4n) is 3.29. The summed E-state index contributed by atoms with van der Waals surface area (Å²) < 4.78 is -0.0562. The Morgan fingerprint density at radius 3 is 1.96 bits per heavy atom. The van der Waals surface area contributed by atoms with Crippen molar-refractivity contribution >= 4 is 26.8 Å². The first-order valence-corrected chi connectivity index (χ1v) is 9.29. The molecule has 0 bridgehead atoms.